The lowest BCUT2D eigenvalue weighted by molar-refractivity contribution is -0.135. The highest BCUT2D eigenvalue weighted by atomic mass is 16.5. The number of esters is 1. The number of ether oxygens (including phenoxy) is 1. The number of hydrogen-bond donors (Lipinski definition) is 2. The Kier molecular flexibility index (Phi) is 4.43. The Morgan fingerprint density at radius 2 is 2.23 bits per heavy atom. The first-order chi connectivity index (χ1) is 5.99. The molecular formula is C8H13N3O2. The number of carbonyl (C=O) groups excluding carboxylic acids is 1. The van der Waals surface area contributed by atoms with Gasteiger partial charge in [0.05, 0.1) is 18.1 Å². The van der Waals surface area contributed by atoms with E-state index < -0.39 is 5.97 Å². The zero-order chi connectivity index (χ0) is 10.4. The topological polar surface area (TPSA) is 88.5 Å². The molecule has 0 heterocycles. The molecule has 0 unspecified atom stereocenters. The average Bonchev–Trinajstić information content (AvgIpc) is 2.02. The quantitative estimate of drug-likeness (QED) is 0.377. The van der Waals surface area contributed by atoms with E-state index in [0.717, 1.165) is 0 Å². The van der Waals surface area contributed by atoms with Crippen LogP contribution in [0.2, 0.25) is 0 Å². The van der Waals surface area contributed by atoms with Gasteiger partial charge >= 0.3 is 5.97 Å². The fraction of sp³-hybridized carbons (Fsp3) is 0.375. The summed E-state index contributed by atoms with van der Waals surface area (Å²) in [5, 5.41) is 7.26. The summed E-state index contributed by atoms with van der Waals surface area (Å²) in [6.07, 6.45) is 0. The lowest BCUT2D eigenvalue weighted by atomic mass is 10.3. The molecule has 0 bridgehead atoms. The fourth-order valence-electron chi connectivity index (χ4n) is 0.590. The molecule has 0 spiro atoms. The van der Waals surface area contributed by atoms with Crippen molar-refractivity contribution in [3.8, 4) is 0 Å². The summed E-state index contributed by atoms with van der Waals surface area (Å²) in [5.74, 6) is -0.489. The van der Waals surface area contributed by atoms with E-state index in [2.05, 4.69) is 16.3 Å². The summed E-state index contributed by atoms with van der Waals surface area (Å²) in [4.78, 5) is 14.6. The third-order valence-corrected chi connectivity index (χ3v) is 1.08. The lowest BCUT2D eigenvalue weighted by Gasteiger charge is -2.02. The molecule has 0 aromatic rings. The Labute approximate surface area is 76.8 Å². The maximum absolute atomic E-state index is 10.9. The Morgan fingerprint density at radius 1 is 1.69 bits per heavy atom. The van der Waals surface area contributed by atoms with Crippen LogP contribution in [0.15, 0.2) is 17.3 Å². The first-order valence-electron chi connectivity index (χ1n) is 3.74. The van der Waals surface area contributed by atoms with E-state index >= 15 is 0 Å². The third-order valence-electron chi connectivity index (χ3n) is 1.08. The molecule has 13 heavy (non-hydrogen) atoms. The van der Waals surface area contributed by atoms with E-state index in [1.54, 1.807) is 13.8 Å². The van der Waals surface area contributed by atoms with Crippen LogP contribution in [0.4, 0.5) is 0 Å². The Balaban J connectivity index is 4.36. The van der Waals surface area contributed by atoms with E-state index in [4.69, 9.17) is 11.1 Å². The molecule has 5 heteroatoms. The minimum absolute atomic E-state index is 0.0125. The zero-order valence-electron chi connectivity index (χ0n) is 7.76. The van der Waals surface area contributed by atoms with Gasteiger partial charge in [0.25, 0.3) is 0 Å². The van der Waals surface area contributed by atoms with Gasteiger partial charge in [-0.2, -0.15) is 0 Å². The monoisotopic (exact) mass is 183 g/mol. The van der Waals surface area contributed by atoms with Gasteiger partial charge in [0.15, 0.2) is 5.71 Å². The summed E-state index contributed by atoms with van der Waals surface area (Å²) in [6, 6.07) is 0. The van der Waals surface area contributed by atoms with E-state index in [1.807, 2.05) is 0 Å². The largest absolute Gasteiger partial charge is 0.461 e. The minimum Gasteiger partial charge on any atom is -0.461 e. The predicted octanol–water partition coefficient (Wildman–Crippen LogP) is 0.460. The van der Waals surface area contributed by atoms with Crippen molar-refractivity contribution in [2.75, 3.05) is 6.61 Å². The van der Waals surface area contributed by atoms with Crippen molar-refractivity contribution in [2.24, 2.45) is 10.7 Å². The van der Waals surface area contributed by atoms with Crippen LogP contribution in [0.3, 0.4) is 0 Å². The van der Waals surface area contributed by atoms with Gasteiger partial charge in [0.1, 0.15) is 0 Å². The standard InChI is InChI=1S/C8H13N3O2/c1-4-13-8(12)7(10)5(2)11-6(3)9/h10H,2,4H2,1,3H3,(H2,9,11). The van der Waals surface area contributed by atoms with Crippen LogP contribution in [-0.2, 0) is 9.53 Å². The molecule has 0 rings (SSSR count). The van der Waals surface area contributed by atoms with Gasteiger partial charge in [-0.3, -0.25) is 5.41 Å². The molecule has 0 aromatic heterocycles. The zero-order valence-corrected chi connectivity index (χ0v) is 7.76. The van der Waals surface area contributed by atoms with Gasteiger partial charge in [0.2, 0.25) is 0 Å². The molecule has 0 aliphatic heterocycles. The second-order valence-corrected chi connectivity index (χ2v) is 2.30. The number of amidine groups is 1. The number of aliphatic imine (C=N–C) groups is 1. The highest BCUT2D eigenvalue weighted by Gasteiger charge is 2.13. The van der Waals surface area contributed by atoms with Crippen molar-refractivity contribution in [1.29, 1.82) is 5.41 Å². The maximum Gasteiger partial charge on any atom is 0.358 e. The Morgan fingerprint density at radius 3 is 2.62 bits per heavy atom. The van der Waals surface area contributed by atoms with Gasteiger partial charge in [0, 0.05) is 0 Å². The number of carbonyl (C=O) groups is 1. The van der Waals surface area contributed by atoms with Gasteiger partial charge in [-0.05, 0) is 13.8 Å². The van der Waals surface area contributed by atoms with Crippen LogP contribution in [-0.4, -0.2) is 24.1 Å². The molecule has 0 fully saturated rings. The normalized spacial score (nSPS) is 10.8. The van der Waals surface area contributed by atoms with E-state index in [-0.39, 0.29) is 23.9 Å². The first kappa shape index (κ1) is 11.4. The summed E-state index contributed by atoms with van der Waals surface area (Å²) in [5.41, 5.74) is 4.89. The third kappa shape index (κ3) is 4.05. The molecule has 72 valence electrons. The predicted molar refractivity (Wildman–Crippen MR) is 50.8 cm³/mol. The number of nitrogens with two attached hydrogens (primary N) is 1. The van der Waals surface area contributed by atoms with Crippen LogP contribution in [0.1, 0.15) is 13.8 Å². The van der Waals surface area contributed by atoms with Crippen molar-refractivity contribution < 1.29 is 9.53 Å². The molecule has 0 aromatic carbocycles. The minimum atomic E-state index is -0.738. The number of rotatable bonds is 4. The smallest absolute Gasteiger partial charge is 0.358 e. The van der Waals surface area contributed by atoms with E-state index in [9.17, 15) is 4.79 Å². The molecule has 0 radical (unpaired) electrons. The number of nitrogens with one attached hydrogen (secondary N) is 1. The molecule has 5 nitrogen and oxygen atoms in total. The van der Waals surface area contributed by atoms with Crippen molar-refractivity contribution in [3.05, 3.63) is 12.3 Å². The second kappa shape index (κ2) is 5.08. The summed E-state index contributed by atoms with van der Waals surface area (Å²) < 4.78 is 4.57. The molecular weight excluding hydrogens is 170 g/mol. The Bertz CT molecular complexity index is 265. The molecule has 0 saturated carbocycles. The lowest BCUT2D eigenvalue weighted by Crippen LogP contribution is -2.19. The van der Waals surface area contributed by atoms with Gasteiger partial charge in [-0.15, -0.1) is 0 Å². The van der Waals surface area contributed by atoms with Crippen LogP contribution >= 0.6 is 0 Å². The van der Waals surface area contributed by atoms with Crippen molar-refractivity contribution in [3.63, 3.8) is 0 Å². The summed E-state index contributed by atoms with van der Waals surface area (Å²) in [7, 11) is 0. The second-order valence-electron chi connectivity index (χ2n) is 2.30. The molecule has 3 N–H and O–H groups in total. The maximum atomic E-state index is 10.9. The molecule has 0 amide bonds. The van der Waals surface area contributed by atoms with Crippen LogP contribution in [0.25, 0.3) is 0 Å². The van der Waals surface area contributed by atoms with Crippen molar-refractivity contribution >= 4 is 17.5 Å². The summed E-state index contributed by atoms with van der Waals surface area (Å²) >= 11 is 0. The number of nitrogens with zero attached hydrogens (tertiary/aromatic N) is 1. The van der Waals surface area contributed by atoms with Crippen LogP contribution < -0.4 is 5.73 Å². The first-order valence-corrected chi connectivity index (χ1v) is 3.74. The van der Waals surface area contributed by atoms with Gasteiger partial charge < -0.3 is 10.5 Å². The van der Waals surface area contributed by atoms with Gasteiger partial charge in [-0.1, -0.05) is 6.58 Å². The van der Waals surface area contributed by atoms with Crippen LogP contribution in [0.5, 0.6) is 0 Å². The van der Waals surface area contributed by atoms with Crippen molar-refractivity contribution in [2.45, 2.75) is 13.8 Å². The molecule has 0 aliphatic rings. The van der Waals surface area contributed by atoms with Crippen molar-refractivity contribution in [1.82, 2.24) is 0 Å². The van der Waals surface area contributed by atoms with Crippen LogP contribution in [0, 0.1) is 5.41 Å². The Hall–Kier alpha value is -1.65. The highest BCUT2D eigenvalue weighted by molar-refractivity contribution is 6.41. The van der Waals surface area contributed by atoms with Gasteiger partial charge in [-0.25, -0.2) is 9.79 Å². The molecule has 0 aliphatic carbocycles. The highest BCUT2D eigenvalue weighted by Crippen LogP contribution is 1.97. The SMILES string of the molecule is C=C(N=C(C)N)C(=N)C(=O)OCC. The van der Waals surface area contributed by atoms with E-state index in [0.29, 0.717) is 0 Å². The summed E-state index contributed by atoms with van der Waals surface area (Å²) in [6.45, 7) is 6.83. The van der Waals surface area contributed by atoms with E-state index in [1.165, 1.54) is 0 Å². The average molecular weight is 183 g/mol. The molecule has 0 saturated heterocycles. The number of hydrogen-bond acceptors (Lipinski definition) is 4. The fourth-order valence-corrected chi connectivity index (χ4v) is 0.590. The molecule has 0 atom stereocenters.